The molecule has 35 heavy (non-hydrogen) atoms. The predicted octanol–water partition coefficient (Wildman–Crippen LogP) is 6.29. The third-order valence-corrected chi connectivity index (χ3v) is 6.94. The van der Waals surface area contributed by atoms with Crippen molar-refractivity contribution in [3.05, 3.63) is 86.9 Å². The second kappa shape index (κ2) is 10.0. The Morgan fingerprint density at radius 3 is 2.71 bits per heavy atom. The van der Waals surface area contributed by atoms with E-state index in [1.807, 2.05) is 35.5 Å². The molecule has 1 amide bonds. The molecule has 0 aliphatic carbocycles. The molecule has 0 saturated heterocycles. The Hall–Kier alpha value is -3.46. The number of aromatic amines is 1. The number of amides is 1. The molecule has 1 aliphatic rings. The standard InChI is InChI=1S/C17H15N3O2S.C9H9F3/c1-10(21)14-9-23-15-8-20(5-3-13(14)15)17(22)12-6-11-2-4-18-16(11)19-7-12;1-2-7-4-3-5-8(6-7)9(10,11)12/h2,4,6-7,9H,3,5,8H2,1H3,(H,18,19);3-6H,2H2,1H3. The summed E-state index contributed by atoms with van der Waals surface area (Å²) >= 11 is 1.57. The van der Waals surface area contributed by atoms with Crippen molar-refractivity contribution in [1.29, 1.82) is 0 Å². The topological polar surface area (TPSA) is 66.1 Å². The van der Waals surface area contributed by atoms with E-state index in [0.29, 0.717) is 30.6 Å². The van der Waals surface area contributed by atoms with Gasteiger partial charge in [0.1, 0.15) is 5.65 Å². The Labute approximate surface area is 204 Å². The van der Waals surface area contributed by atoms with Gasteiger partial charge in [0, 0.05) is 40.1 Å². The lowest BCUT2D eigenvalue weighted by atomic mass is 10.0. The molecule has 0 saturated carbocycles. The molecule has 3 aromatic heterocycles. The van der Waals surface area contributed by atoms with Crippen LogP contribution in [0.4, 0.5) is 13.2 Å². The highest BCUT2D eigenvalue weighted by molar-refractivity contribution is 7.10. The smallest absolute Gasteiger partial charge is 0.346 e. The molecule has 0 fully saturated rings. The van der Waals surface area contributed by atoms with E-state index in [2.05, 4.69) is 9.97 Å². The highest BCUT2D eigenvalue weighted by atomic mass is 32.1. The fraction of sp³-hybridized carbons (Fsp3) is 0.269. The van der Waals surface area contributed by atoms with E-state index in [-0.39, 0.29) is 11.7 Å². The number of pyridine rings is 1. The number of carbonyl (C=O) groups excluding carboxylic acids is 2. The number of nitrogens with one attached hydrogen (secondary N) is 1. The van der Waals surface area contributed by atoms with Crippen LogP contribution in [0.3, 0.4) is 0 Å². The molecule has 1 aliphatic heterocycles. The number of rotatable bonds is 3. The number of hydrogen-bond donors (Lipinski definition) is 1. The van der Waals surface area contributed by atoms with E-state index >= 15 is 0 Å². The minimum atomic E-state index is -4.22. The summed E-state index contributed by atoms with van der Waals surface area (Å²) in [5, 5.41) is 2.84. The number of H-pyrrole nitrogens is 1. The third-order valence-electron chi connectivity index (χ3n) is 5.92. The lowest BCUT2D eigenvalue weighted by Gasteiger charge is -2.27. The number of halogens is 3. The summed E-state index contributed by atoms with van der Waals surface area (Å²) in [6.45, 7) is 4.62. The molecule has 0 spiro atoms. The van der Waals surface area contributed by atoms with Gasteiger partial charge in [0.05, 0.1) is 17.7 Å². The first-order chi connectivity index (χ1) is 16.7. The highest BCUT2D eigenvalue weighted by Crippen LogP contribution is 2.30. The van der Waals surface area contributed by atoms with Crippen LogP contribution < -0.4 is 0 Å². The van der Waals surface area contributed by atoms with E-state index in [9.17, 15) is 22.8 Å². The van der Waals surface area contributed by atoms with Gasteiger partial charge >= 0.3 is 6.18 Å². The summed E-state index contributed by atoms with van der Waals surface area (Å²) in [6, 6.07) is 9.16. The summed E-state index contributed by atoms with van der Waals surface area (Å²) < 4.78 is 36.3. The van der Waals surface area contributed by atoms with Gasteiger partial charge in [-0.3, -0.25) is 9.59 Å². The quantitative estimate of drug-likeness (QED) is 0.337. The number of aryl methyl sites for hydroxylation is 1. The zero-order valence-corrected chi connectivity index (χ0v) is 20.1. The van der Waals surface area contributed by atoms with Crippen LogP contribution in [-0.2, 0) is 25.6 Å². The maximum Gasteiger partial charge on any atom is 0.416 e. The van der Waals surface area contributed by atoms with Crippen molar-refractivity contribution in [2.45, 2.75) is 39.4 Å². The van der Waals surface area contributed by atoms with E-state index in [0.717, 1.165) is 39.5 Å². The Morgan fingerprint density at radius 2 is 2.00 bits per heavy atom. The van der Waals surface area contributed by atoms with Gasteiger partial charge in [0.15, 0.2) is 5.78 Å². The summed E-state index contributed by atoms with van der Waals surface area (Å²) in [7, 11) is 0. The van der Waals surface area contributed by atoms with Gasteiger partial charge in [-0.15, -0.1) is 11.3 Å². The van der Waals surface area contributed by atoms with E-state index in [1.165, 1.54) is 12.1 Å². The Kier molecular flexibility index (Phi) is 7.07. The number of benzene rings is 1. The maximum atomic E-state index is 12.7. The molecule has 0 atom stereocenters. The van der Waals surface area contributed by atoms with Crippen molar-refractivity contribution in [2.24, 2.45) is 0 Å². The molecule has 5 nitrogen and oxygen atoms in total. The van der Waals surface area contributed by atoms with Crippen molar-refractivity contribution in [3.63, 3.8) is 0 Å². The molecule has 0 radical (unpaired) electrons. The molecular weight excluding hydrogens is 475 g/mol. The summed E-state index contributed by atoms with van der Waals surface area (Å²) in [6.07, 6.45) is 0.578. The van der Waals surface area contributed by atoms with Crippen LogP contribution in [0.15, 0.2) is 54.2 Å². The number of nitrogens with zero attached hydrogens (tertiary/aromatic N) is 2. The highest BCUT2D eigenvalue weighted by Gasteiger charge is 2.30. The van der Waals surface area contributed by atoms with Gasteiger partial charge in [-0.2, -0.15) is 13.2 Å². The fourth-order valence-electron chi connectivity index (χ4n) is 4.00. The second-order valence-corrected chi connectivity index (χ2v) is 9.24. The Bertz CT molecular complexity index is 1370. The summed E-state index contributed by atoms with van der Waals surface area (Å²) in [5.41, 5.74) is 3.46. The van der Waals surface area contributed by atoms with Crippen LogP contribution in [0.25, 0.3) is 11.0 Å². The number of alkyl halides is 3. The predicted molar refractivity (Wildman–Crippen MR) is 130 cm³/mol. The van der Waals surface area contributed by atoms with Crippen molar-refractivity contribution in [3.8, 4) is 0 Å². The van der Waals surface area contributed by atoms with Crippen molar-refractivity contribution < 1.29 is 22.8 Å². The largest absolute Gasteiger partial charge is 0.416 e. The van der Waals surface area contributed by atoms with Crippen LogP contribution in [0.5, 0.6) is 0 Å². The molecule has 1 N–H and O–H groups in total. The van der Waals surface area contributed by atoms with Crippen LogP contribution in [0.1, 0.15) is 56.1 Å². The van der Waals surface area contributed by atoms with Gasteiger partial charge in [0.25, 0.3) is 5.91 Å². The summed E-state index contributed by atoms with van der Waals surface area (Å²) in [4.78, 5) is 34.6. The van der Waals surface area contributed by atoms with Gasteiger partial charge in [-0.05, 0) is 49.1 Å². The van der Waals surface area contributed by atoms with Crippen LogP contribution in [0, 0.1) is 0 Å². The maximum absolute atomic E-state index is 12.7. The zero-order valence-electron chi connectivity index (χ0n) is 19.3. The number of ketones is 1. The minimum absolute atomic E-state index is 0.0102. The average molecular weight is 500 g/mol. The molecular formula is C26H24F3N3O2S. The lowest BCUT2D eigenvalue weighted by molar-refractivity contribution is -0.137. The first kappa shape index (κ1) is 24.7. The monoisotopic (exact) mass is 499 g/mol. The molecule has 4 heterocycles. The van der Waals surface area contributed by atoms with Gasteiger partial charge in [0.2, 0.25) is 0 Å². The Balaban J connectivity index is 0.000000204. The molecule has 0 bridgehead atoms. The summed E-state index contributed by atoms with van der Waals surface area (Å²) in [5.74, 6) is 0.0911. The number of aromatic nitrogens is 2. The van der Waals surface area contributed by atoms with Gasteiger partial charge in [-0.1, -0.05) is 25.1 Å². The molecule has 5 rings (SSSR count). The first-order valence-corrected chi connectivity index (χ1v) is 12.0. The van der Waals surface area contributed by atoms with Gasteiger partial charge < -0.3 is 9.88 Å². The van der Waals surface area contributed by atoms with E-state index in [1.54, 1.807) is 30.5 Å². The number of carbonyl (C=O) groups is 2. The van der Waals surface area contributed by atoms with Crippen molar-refractivity contribution >= 4 is 34.1 Å². The lowest BCUT2D eigenvalue weighted by Crippen LogP contribution is -2.35. The average Bonchev–Trinajstić information content (AvgIpc) is 3.49. The fourth-order valence-corrected chi connectivity index (χ4v) is 5.16. The minimum Gasteiger partial charge on any atom is -0.346 e. The first-order valence-electron chi connectivity index (χ1n) is 11.2. The molecule has 0 unspecified atom stereocenters. The van der Waals surface area contributed by atoms with Crippen LogP contribution in [0.2, 0.25) is 0 Å². The second-order valence-electron chi connectivity index (χ2n) is 8.28. The van der Waals surface area contributed by atoms with Crippen LogP contribution in [-0.4, -0.2) is 33.1 Å². The van der Waals surface area contributed by atoms with Gasteiger partial charge in [-0.25, -0.2) is 4.98 Å². The van der Waals surface area contributed by atoms with Crippen LogP contribution >= 0.6 is 11.3 Å². The van der Waals surface area contributed by atoms with E-state index in [4.69, 9.17) is 0 Å². The van der Waals surface area contributed by atoms with Crippen molar-refractivity contribution in [1.82, 2.24) is 14.9 Å². The number of thiophene rings is 1. The normalized spacial score (nSPS) is 13.2. The number of Topliss-reactive ketones (excluding diaryl/α,β-unsaturated/α-hetero) is 1. The molecule has 1 aromatic carbocycles. The zero-order chi connectivity index (χ0) is 25.2. The molecule has 182 valence electrons. The number of hydrogen-bond acceptors (Lipinski definition) is 4. The molecule has 4 aromatic rings. The number of fused-ring (bicyclic) bond motifs is 2. The third kappa shape index (κ3) is 5.45. The Morgan fingerprint density at radius 1 is 1.20 bits per heavy atom. The van der Waals surface area contributed by atoms with Crippen molar-refractivity contribution in [2.75, 3.05) is 6.54 Å². The SMILES string of the molecule is CC(=O)c1csc2c1CCN(C(=O)c1cnc3[nH]ccc3c1)C2.CCc1cccc(C(F)(F)F)c1. The molecule has 9 heteroatoms. The van der Waals surface area contributed by atoms with E-state index < -0.39 is 11.7 Å².